The SMILES string of the molecule is C=C(CCC1O[C@H](CC(C)CC)[C@H](C)[C@H]1CS(=O)(=O)c1ccccc1)[C@H](C)CC1CC[C@@H]2O[C@@H](C)C[C@]2(CC)O1. The van der Waals surface area contributed by atoms with Gasteiger partial charge in [-0.3, -0.25) is 0 Å². The van der Waals surface area contributed by atoms with E-state index in [1.165, 1.54) is 5.57 Å². The first kappa shape index (κ1) is 31.7. The minimum absolute atomic E-state index is 0.0188. The van der Waals surface area contributed by atoms with E-state index < -0.39 is 9.84 Å². The van der Waals surface area contributed by atoms with Crippen LogP contribution < -0.4 is 0 Å². The summed E-state index contributed by atoms with van der Waals surface area (Å²) < 4.78 is 46.4. The van der Waals surface area contributed by atoms with Crippen LogP contribution in [0.5, 0.6) is 0 Å². The quantitative estimate of drug-likeness (QED) is 0.225. The van der Waals surface area contributed by atoms with E-state index in [1.54, 1.807) is 24.3 Å². The maximum atomic E-state index is 13.4. The lowest BCUT2D eigenvalue weighted by Gasteiger charge is -2.42. The summed E-state index contributed by atoms with van der Waals surface area (Å²) in [7, 11) is -3.39. The molecule has 0 N–H and O–H groups in total. The lowest BCUT2D eigenvalue weighted by Crippen LogP contribution is -2.48. The molecule has 1 aromatic carbocycles. The molecule has 0 aromatic heterocycles. The fourth-order valence-electron chi connectivity index (χ4n) is 7.43. The second kappa shape index (κ2) is 13.4. The third-order valence-corrected chi connectivity index (χ3v) is 12.2. The zero-order valence-corrected chi connectivity index (χ0v) is 26.6. The van der Waals surface area contributed by atoms with Crippen LogP contribution in [0.2, 0.25) is 0 Å². The number of fused-ring (bicyclic) bond motifs is 1. The second-order valence-electron chi connectivity index (χ2n) is 13.3. The van der Waals surface area contributed by atoms with E-state index in [1.807, 2.05) is 6.07 Å². The lowest BCUT2D eigenvalue weighted by atomic mass is 9.81. The van der Waals surface area contributed by atoms with Gasteiger partial charge in [-0.25, -0.2) is 8.42 Å². The molecule has 0 saturated carbocycles. The smallest absolute Gasteiger partial charge is 0.178 e. The van der Waals surface area contributed by atoms with Gasteiger partial charge in [0.1, 0.15) is 0 Å². The van der Waals surface area contributed by atoms with E-state index in [2.05, 4.69) is 48.1 Å². The molecule has 40 heavy (non-hydrogen) atoms. The van der Waals surface area contributed by atoms with Gasteiger partial charge in [-0.2, -0.15) is 0 Å². The van der Waals surface area contributed by atoms with E-state index >= 15 is 0 Å². The van der Waals surface area contributed by atoms with Crippen LogP contribution in [0.4, 0.5) is 0 Å². The molecule has 3 heterocycles. The van der Waals surface area contributed by atoms with Crippen molar-refractivity contribution in [3.8, 4) is 0 Å². The van der Waals surface area contributed by atoms with E-state index in [4.69, 9.17) is 14.2 Å². The first-order valence-electron chi connectivity index (χ1n) is 15.9. The maximum Gasteiger partial charge on any atom is 0.178 e. The summed E-state index contributed by atoms with van der Waals surface area (Å²) >= 11 is 0. The Morgan fingerprint density at radius 2 is 1.77 bits per heavy atom. The van der Waals surface area contributed by atoms with Crippen molar-refractivity contribution in [2.45, 2.75) is 140 Å². The number of benzene rings is 1. The molecule has 0 radical (unpaired) electrons. The van der Waals surface area contributed by atoms with Crippen LogP contribution in [0.1, 0.15) is 99.3 Å². The molecule has 3 saturated heterocycles. The zero-order valence-electron chi connectivity index (χ0n) is 25.8. The van der Waals surface area contributed by atoms with Crippen LogP contribution in [0.3, 0.4) is 0 Å². The molecular formula is C34H54O5S. The second-order valence-corrected chi connectivity index (χ2v) is 15.3. The van der Waals surface area contributed by atoms with Crippen LogP contribution in [0.15, 0.2) is 47.4 Å². The summed E-state index contributed by atoms with van der Waals surface area (Å²) in [5, 5.41) is 0. The van der Waals surface area contributed by atoms with Crippen molar-refractivity contribution < 1.29 is 22.6 Å². The van der Waals surface area contributed by atoms with Crippen molar-refractivity contribution in [3.05, 3.63) is 42.5 Å². The number of sulfone groups is 1. The standard InChI is InChI=1S/C34H54O5S/c1-8-23(3)19-32-27(7)30(22-40(35,36)29-13-11-10-12-14-29)31(38-32)17-15-24(4)25(5)20-28-16-18-33-34(9-2,39-28)21-26(6)37-33/h10-14,23,25-28,30-33H,4,8-9,15-22H2,1-3,5-7H3/t23?,25-,26+,27-,28?,30-,31?,32-,33+,34+/m1/s1. The number of hydrogen-bond acceptors (Lipinski definition) is 5. The van der Waals surface area contributed by atoms with Crippen molar-refractivity contribution in [2.75, 3.05) is 5.75 Å². The molecule has 226 valence electrons. The normalized spacial score (nSPS) is 35.8. The Bertz CT molecular complexity index is 1070. The van der Waals surface area contributed by atoms with Gasteiger partial charge in [-0.15, -0.1) is 0 Å². The molecule has 6 heteroatoms. The van der Waals surface area contributed by atoms with Crippen LogP contribution in [0, 0.1) is 23.7 Å². The predicted octanol–water partition coefficient (Wildman–Crippen LogP) is 7.78. The molecule has 3 unspecified atom stereocenters. The Kier molecular flexibility index (Phi) is 10.6. The van der Waals surface area contributed by atoms with E-state index in [0.717, 1.165) is 57.8 Å². The molecule has 3 aliphatic heterocycles. The summed E-state index contributed by atoms with van der Waals surface area (Å²) in [5.74, 6) is 1.22. The van der Waals surface area contributed by atoms with Gasteiger partial charge >= 0.3 is 0 Å². The number of allylic oxidation sites excluding steroid dienone is 1. The highest BCUT2D eigenvalue weighted by atomic mass is 32.2. The summed E-state index contributed by atoms with van der Waals surface area (Å²) in [6.45, 7) is 17.8. The Morgan fingerprint density at radius 1 is 1.05 bits per heavy atom. The molecule has 0 bridgehead atoms. The van der Waals surface area contributed by atoms with Crippen molar-refractivity contribution in [3.63, 3.8) is 0 Å². The van der Waals surface area contributed by atoms with Gasteiger partial charge in [0.2, 0.25) is 0 Å². The predicted molar refractivity (Wildman–Crippen MR) is 162 cm³/mol. The van der Waals surface area contributed by atoms with Crippen LogP contribution in [0.25, 0.3) is 0 Å². The summed E-state index contributed by atoms with van der Waals surface area (Å²) in [6, 6.07) is 8.88. The Hall–Kier alpha value is -1.21. The van der Waals surface area contributed by atoms with E-state index in [-0.39, 0.29) is 53.7 Å². The minimum atomic E-state index is -3.39. The largest absolute Gasteiger partial charge is 0.374 e. The summed E-state index contributed by atoms with van der Waals surface area (Å²) in [4.78, 5) is 0.408. The summed E-state index contributed by atoms with van der Waals surface area (Å²) in [6.07, 6.45) is 9.60. The minimum Gasteiger partial charge on any atom is -0.374 e. The van der Waals surface area contributed by atoms with Crippen molar-refractivity contribution in [1.29, 1.82) is 0 Å². The molecule has 0 spiro atoms. The molecule has 0 aliphatic carbocycles. The Balaban J connectivity index is 1.38. The highest BCUT2D eigenvalue weighted by Gasteiger charge is 2.51. The van der Waals surface area contributed by atoms with Gasteiger partial charge in [0.15, 0.2) is 9.84 Å². The molecule has 0 amide bonds. The maximum absolute atomic E-state index is 13.4. The number of hydrogen-bond donors (Lipinski definition) is 0. The van der Waals surface area contributed by atoms with Gasteiger partial charge in [0.25, 0.3) is 0 Å². The molecule has 5 nitrogen and oxygen atoms in total. The van der Waals surface area contributed by atoms with Gasteiger partial charge in [-0.1, -0.05) is 71.4 Å². The molecule has 3 fully saturated rings. The highest BCUT2D eigenvalue weighted by Crippen LogP contribution is 2.45. The average molecular weight is 575 g/mol. The lowest BCUT2D eigenvalue weighted by molar-refractivity contribution is -0.170. The van der Waals surface area contributed by atoms with Crippen molar-refractivity contribution >= 4 is 9.84 Å². The van der Waals surface area contributed by atoms with Gasteiger partial charge in [0.05, 0.1) is 46.8 Å². The molecule has 4 rings (SSSR count). The number of ether oxygens (including phenoxy) is 3. The summed E-state index contributed by atoms with van der Waals surface area (Å²) in [5.41, 5.74) is 1.10. The molecular weight excluding hydrogens is 520 g/mol. The third-order valence-electron chi connectivity index (χ3n) is 10.4. The van der Waals surface area contributed by atoms with Crippen LogP contribution >= 0.6 is 0 Å². The fourth-order valence-corrected chi connectivity index (χ4v) is 9.22. The highest BCUT2D eigenvalue weighted by molar-refractivity contribution is 7.91. The molecule has 1 aromatic rings. The number of rotatable bonds is 13. The molecule has 3 aliphatic rings. The van der Waals surface area contributed by atoms with Gasteiger partial charge in [-0.05, 0) is 81.8 Å². The van der Waals surface area contributed by atoms with Crippen LogP contribution in [-0.2, 0) is 24.0 Å². The monoisotopic (exact) mass is 574 g/mol. The van der Waals surface area contributed by atoms with Crippen molar-refractivity contribution in [1.82, 2.24) is 0 Å². The van der Waals surface area contributed by atoms with Gasteiger partial charge in [0, 0.05) is 12.3 Å². The average Bonchev–Trinajstić information content (AvgIpc) is 3.42. The van der Waals surface area contributed by atoms with Crippen molar-refractivity contribution in [2.24, 2.45) is 23.7 Å². The first-order chi connectivity index (χ1) is 19.0. The van der Waals surface area contributed by atoms with Gasteiger partial charge < -0.3 is 14.2 Å². The third kappa shape index (κ3) is 7.22. The zero-order chi connectivity index (χ0) is 29.1. The Morgan fingerprint density at radius 3 is 2.45 bits per heavy atom. The Labute approximate surface area is 244 Å². The first-order valence-corrected chi connectivity index (χ1v) is 17.6. The van der Waals surface area contributed by atoms with Crippen LogP contribution in [-0.4, -0.2) is 50.3 Å². The van der Waals surface area contributed by atoms with E-state index in [9.17, 15) is 8.42 Å². The fraction of sp³-hybridized carbons (Fsp3) is 0.765. The van der Waals surface area contributed by atoms with E-state index in [0.29, 0.717) is 16.7 Å². The topological polar surface area (TPSA) is 61.8 Å². The molecule has 10 atom stereocenters.